The number of hydrogen-bond donors (Lipinski definition) is 1. The van der Waals surface area contributed by atoms with Crippen molar-refractivity contribution in [2.24, 2.45) is 0 Å². The number of thiophene rings is 1. The van der Waals surface area contributed by atoms with Gasteiger partial charge in [-0.05, 0) is 4.88 Å². The summed E-state index contributed by atoms with van der Waals surface area (Å²) in [5.74, 6) is 0. The molecule has 18 heavy (non-hydrogen) atoms. The predicted molar refractivity (Wildman–Crippen MR) is 73.3 cm³/mol. The quantitative estimate of drug-likeness (QED) is 0.559. The Morgan fingerprint density at radius 3 is 2.17 bits per heavy atom. The van der Waals surface area contributed by atoms with E-state index in [2.05, 4.69) is 12.1 Å². The molecule has 0 spiro atoms. The fraction of sp³-hybridized carbons (Fsp3) is 0.0667. The van der Waals surface area contributed by atoms with Gasteiger partial charge in [-0.1, -0.05) is 6.07 Å². The number of hydrogen-bond acceptors (Lipinski definition) is 2. The molecule has 0 aliphatic carbocycles. The van der Waals surface area contributed by atoms with Crippen LogP contribution < -0.4 is 0 Å². The van der Waals surface area contributed by atoms with Gasteiger partial charge in [-0.3, -0.25) is 0 Å². The Labute approximate surface area is 122 Å². The fourth-order valence-electron chi connectivity index (χ4n) is 1.48. The van der Waals surface area contributed by atoms with Gasteiger partial charge in [0.2, 0.25) is 0 Å². The van der Waals surface area contributed by atoms with Crippen molar-refractivity contribution < 1.29 is 22.2 Å². The standard InChI is InChI=1S/C10H9OS.C5H5.Fe/c11-7-9-5-6-10(12-9)8-3-1-2-4-8;1-2-4-5-3-1;/h1-6,11H,7H2;1-5H;/q2*-1;+2. The van der Waals surface area contributed by atoms with Crippen molar-refractivity contribution in [1.29, 1.82) is 0 Å². The summed E-state index contributed by atoms with van der Waals surface area (Å²) in [7, 11) is 0. The van der Waals surface area contributed by atoms with Crippen LogP contribution >= 0.6 is 11.3 Å². The van der Waals surface area contributed by atoms with Gasteiger partial charge in [-0.2, -0.15) is 41.7 Å². The van der Waals surface area contributed by atoms with Crippen molar-refractivity contribution in [3.05, 3.63) is 71.6 Å². The molecule has 1 aromatic heterocycles. The molecule has 3 aromatic rings. The molecule has 0 atom stereocenters. The van der Waals surface area contributed by atoms with E-state index < -0.39 is 0 Å². The predicted octanol–water partition coefficient (Wildman–Crippen LogP) is 4.03. The summed E-state index contributed by atoms with van der Waals surface area (Å²) in [6, 6.07) is 22.2. The molecule has 1 N–H and O–H groups in total. The maximum absolute atomic E-state index is 8.86. The Morgan fingerprint density at radius 1 is 1.06 bits per heavy atom. The largest absolute Gasteiger partial charge is 2.00 e. The van der Waals surface area contributed by atoms with E-state index in [4.69, 9.17) is 5.11 Å². The van der Waals surface area contributed by atoms with E-state index in [-0.39, 0.29) is 23.7 Å². The Hall–Kier alpha value is -1.12. The van der Waals surface area contributed by atoms with Crippen molar-refractivity contribution in [3.63, 3.8) is 0 Å². The third kappa shape index (κ3) is 4.28. The molecular weight excluding hydrogens is 284 g/mol. The monoisotopic (exact) mass is 298 g/mol. The minimum Gasteiger partial charge on any atom is -0.391 e. The molecule has 3 rings (SSSR count). The minimum absolute atomic E-state index is 0. The van der Waals surface area contributed by atoms with Crippen LogP contribution in [0.3, 0.4) is 0 Å². The summed E-state index contributed by atoms with van der Waals surface area (Å²) in [6.07, 6.45) is 0. The number of aliphatic hydroxyl groups excluding tert-OH is 1. The van der Waals surface area contributed by atoms with Gasteiger partial charge in [0.15, 0.2) is 0 Å². The van der Waals surface area contributed by atoms with Gasteiger partial charge in [0.25, 0.3) is 0 Å². The van der Waals surface area contributed by atoms with Gasteiger partial charge in [0.05, 0.1) is 6.61 Å². The molecule has 0 saturated carbocycles. The van der Waals surface area contributed by atoms with Crippen molar-refractivity contribution in [3.8, 4) is 10.4 Å². The Morgan fingerprint density at radius 2 is 1.72 bits per heavy atom. The molecule has 0 bridgehead atoms. The van der Waals surface area contributed by atoms with Crippen molar-refractivity contribution in [1.82, 2.24) is 0 Å². The van der Waals surface area contributed by atoms with E-state index >= 15 is 0 Å². The Balaban J connectivity index is 0.000000230. The molecule has 0 aliphatic heterocycles. The average molecular weight is 298 g/mol. The second-order valence-electron chi connectivity index (χ2n) is 3.56. The SMILES string of the molecule is OCc1ccc(-[c-]2cccc2)s1.[Fe+2].c1cc[cH-]c1. The second kappa shape index (κ2) is 8.06. The Kier molecular flexibility index (Phi) is 6.69. The Bertz CT molecular complexity index is 491. The van der Waals surface area contributed by atoms with Crippen molar-refractivity contribution in [2.45, 2.75) is 6.61 Å². The molecule has 2 aromatic carbocycles. The topological polar surface area (TPSA) is 20.2 Å². The normalized spacial score (nSPS) is 9.17. The molecule has 0 saturated heterocycles. The van der Waals surface area contributed by atoms with E-state index in [9.17, 15) is 0 Å². The van der Waals surface area contributed by atoms with E-state index in [0.717, 1.165) is 4.88 Å². The molecule has 1 nitrogen and oxygen atoms in total. The summed E-state index contributed by atoms with van der Waals surface area (Å²) in [5.41, 5.74) is 1.24. The minimum atomic E-state index is 0. The van der Waals surface area contributed by atoms with Crippen LogP contribution in [0.5, 0.6) is 0 Å². The van der Waals surface area contributed by atoms with Crippen molar-refractivity contribution in [2.75, 3.05) is 0 Å². The third-order valence-electron chi connectivity index (χ3n) is 2.32. The van der Waals surface area contributed by atoms with Crippen LogP contribution in [0.1, 0.15) is 4.88 Å². The van der Waals surface area contributed by atoms with E-state index in [1.165, 1.54) is 10.4 Å². The van der Waals surface area contributed by atoms with E-state index in [1.807, 2.05) is 54.6 Å². The fourth-order valence-corrected chi connectivity index (χ4v) is 2.35. The molecule has 94 valence electrons. The molecule has 0 fully saturated rings. The summed E-state index contributed by atoms with van der Waals surface area (Å²) in [5, 5.41) is 8.86. The first-order valence-corrected chi connectivity index (χ1v) is 6.30. The van der Waals surface area contributed by atoms with Crippen molar-refractivity contribution >= 4 is 11.3 Å². The molecular formula is C15H14FeOS. The zero-order chi connectivity index (χ0) is 11.9. The van der Waals surface area contributed by atoms with Crippen LogP contribution in [0.15, 0.2) is 66.7 Å². The van der Waals surface area contributed by atoms with Gasteiger partial charge in [0.1, 0.15) is 0 Å². The van der Waals surface area contributed by atoms with Crippen LogP contribution in [-0.4, -0.2) is 5.11 Å². The van der Waals surface area contributed by atoms with E-state index in [1.54, 1.807) is 11.3 Å². The smallest absolute Gasteiger partial charge is 0.391 e. The molecule has 0 aliphatic rings. The first-order chi connectivity index (χ1) is 8.40. The summed E-state index contributed by atoms with van der Waals surface area (Å²) >= 11 is 1.64. The van der Waals surface area contributed by atoms with Crippen LogP contribution in [-0.2, 0) is 23.7 Å². The van der Waals surface area contributed by atoms with Gasteiger partial charge >= 0.3 is 17.1 Å². The van der Waals surface area contributed by atoms with Gasteiger partial charge in [-0.25, -0.2) is 12.1 Å². The zero-order valence-electron chi connectivity index (χ0n) is 9.77. The maximum Gasteiger partial charge on any atom is 2.00 e. The molecule has 0 unspecified atom stereocenters. The van der Waals surface area contributed by atoms with Gasteiger partial charge < -0.3 is 5.11 Å². The van der Waals surface area contributed by atoms with E-state index in [0.29, 0.717) is 0 Å². The number of aliphatic hydroxyl groups is 1. The molecule has 0 amide bonds. The van der Waals surface area contributed by atoms with Crippen LogP contribution in [0.4, 0.5) is 0 Å². The molecule has 1 heterocycles. The van der Waals surface area contributed by atoms with Gasteiger partial charge in [-0.15, -0.1) is 23.8 Å². The third-order valence-corrected chi connectivity index (χ3v) is 3.44. The first kappa shape index (κ1) is 14.9. The summed E-state index contributed by atoms with van der Waals surface area (Å²) in [6.45, 7) is 0.144. The molecule has 3 heteroatoms. The second-order valence-corrected chi connectivity index (χ2v) is 4.73. The molecule has 0 radical (unpaired) electrons. The van der Waals surface area contributed by atoms with Gasteiger partial charge in [0, 0.05) is 4.88 Å². The maximum atomic E-state index is 8.86. The van der Waals surface area contributed by atoms with Crippen LogP contribution in [0.2, 0.25) is 0 Å². The van der Waals surface area contributed by atoms with Crippen LogP contribution in [0, 0.1) is 0 Å². The summed E-state index contributed by atoms with van der Waals surface area (Å²) in [4.78, 5) is 2.25. The zero-order valence-corrected chi connectivity index (χ0v) is 11.7. The number of rotatable bonds is 2. The van der Waals surface area contributed by atoms with Crippen LogP contribution in [0.25, 0.3) is 10.4 Å². The average Bonchev–Trinajstić information content (AvgIpc) is 3.12. The first-order valence-electron chi connectivity index (χ1n) is 5.48. The summed E-state index contributed by atoms with van der Waals surface area (Å²) < 4.78 is 0.